The van der Waals surface area contributed by atoms with Crippen molar-refractivity contribution < 1.29 is 23.6 Å². The summed E-state index contributed by atoms with van der Waals surface area (Å²) in [6, 6.07) is 3.14. The van der Waals surface area contributed by atoms with E-state index in [2.05, 4.69) is 15.0 Å². The van der Waals surface area contributed by atoms with Gasteiger partial charge in [-0.25, -0.2) is 24.5 Å². The zero-order valence-corrected chi connectivity index (χ0v) is 16.3. The van der Waals surface area contributed by atoms with Crippen LogP contribution in [0, 0.1) is 0 Å². The number of anilines is 1. The van der Waals surface area contributed by atoms with Gasteiger partial charge in [0.15, 0.2) is 5.69 Å². The Morgan fingerprint density at radius 1 is 1.24 bits per heavy atom. The lowest BCUT2D eigenvalue weighted by Crippen LogP contribution is -2.57. The molecule has 1 saturated heterocycles. The van der Waals surface area contributed by atoms with Gasteiger partial charge >= 0.3 is 12.5 Å². The fraction of sp³-hybridized carbons (Fsp3) is 0.333. The predicted molar refractivity (Wildman–Crippen MR) is 101 cm³/mol. The third-order valence-electron chi connectivity index (χ3n) is 5.06. The Hall–Kier alpha value is -3.11. The van der Waals surface area contributed by atoms with Crippen molar-refractivity contribution in [1.82, 2.24) is 19.9 Å². The maximum absolute atomic E-state index is 12.9. The summed E-state index contributed by atoms with van der Waals surface area (Å²) in [5.41, 5.74) is 0.346. The van der Waals surface area contributed by atoms with Crippen molar-refractivity contribution >= 4 is 35.8 Å². The van der Waals surface area contributed by atoms with E-state index < -0.39 is 18.2 Å². The Labute approximate surface area is 171 Å². The lowest BCUT2D eigenvalue weighted by molar-refractivity contribution is -0.830. The summed E-state index contributed by atoms with van der Waals surface area (Å²) in [6.07, 6.45) is 3.41. The van der Waals surface area contributed by atoms with Crippen LogP contribution in [0.5, 0.6) is 0 Å². The number of fused-ring (bicyclic) bond motifs is 1. The molecule has 2 aliphatic heterocycles. The van der Waals surface area contributed by atoms with E-state index in [1.54, 1.807) is 12.1 Å². The maximum Gasteiger partial charge on any atom is 0.412 e. The molecule has 0 bridgehead atoms. The highest BCUT2D eigenvalue weighted by molar-refractivity contribution is 6.30. The number of likely N-dealkylation sites (N-methyl/N-ethyl adjacent to an activating group) is 1. The van der Waals surface area contributed by atoms with Crippen molar-refractivity contribution in [2.45, 2.75) is 6.23 Å². The molecule has 150 valence electrons. The van der Waals surface area contributed by atoms with Crippen LogP contribution < -0.4 is 4.90 Å². The number of quaternary nitrogens is 1. The molecule has 29 heavy (non-hydrogen) atoms. The number of ether oxygens (including phenoxy) is 1. The topological polar surface area (TPSA) is 106 Å². The van der Waals surface area contributed by atoms with Gasteiger partial charge in [0.05, 0.1) is 25.2 Å². The Morgan fingerprint density at radius 3 is 2.62 bits per heavy atom. The van der Waals surface area contributed by atoms with Crippen LogP contribution in [0.15, 0.2) is 30.7 Å². The van der Waals surface area contributed by atoms with Crippen molar-refractivity contribution in [1.29, 1.82) is 0 Å². The van der Waals surface area contributed by atoms with Gasteiger partial charge in [-0.3, -0.25) is 19.2 Å². The molecule has 3 amide bonds. The number of nitrogens with zero attached hydrogens (tertiary/aromatic N) is 6. The molecule has 0 radical (unpaired) electrons. The van der Waals surface area contributed by atoms with Crippen molar-refractivity contribution in [3.63, 3.8) is 0 Å². The summed E-state index contributed by atoms with van der Waals surface area (Å²) in [6.45, 7) is 1.70. The number of amides is 3. The molecule has 1 fully saturated rings. The van der Waals surface area contributed by atoms with E-state index >= 15 is 0 Å². The average molecular weight is 418 g/mol. The Kier molecular flexibility index (Phi) is 4.89. The van der Waals surface area contributed by atoms with Crippen molar-refractivity contribution in [2.75, 3.05) is 38.1 Å². The molecule has 0 N–H and O–H groups in total. The number of aromatic nitrogens is 3. The molecular weight excluding hydrogens is 400 g/mol. The fourth-order valence-corrected chi connectivity index (χ4v) is 3.37. The van der Waals surface area contributed by atoms with Gasteiger partial charge in [-0.1, -0.05) is 11.6 Å². The van der Waals surface area contributed by atoms with E-state index in [1.165, 1.54) is 28.4 Å². The minimum absolute atomic E-state index is 0.103. The maximum atomic E-state index is 12.9. The number of pyridine rings is 1. The molecular formula is C18H18ClN6O4+. The zero-order valence-electron chi connectivity index (χ0n) is 15.6. The number of rotatable bonds is 3. The van der Waals surface area contributed by atoms with E-state index in [4.69, 9.17) is 16.3 Å². The molecule has 2 aromatic heterocycles. The van der Waals surface area contributed by atoms with Crippen molar-refractivity contribution in [2.24, 2.45) is 0 Å². The molecule has 0 aromatic carbocycles. The smallest absolute Gasteiger partial charge is 0.412 e. The average Bonchev–Trinajstić information content (AvgIpc) is 3.01. The van der Waals surface area contributed by atoms with Gasteiger partial charge in [0, 0.05) is 18.6 Å². The number of carbonyl (C=O) groups excluding carboxylic acids is 3. The van der Waals surface area contributed by atoms with Crippen LogP contribution in [-0.2, 0) is 9.53 Å². The molecule has 1 atom stereocenters. The van der Waals surface area contributed by atoms with Gasteiger partial charge in [-0.2, -0.15) is 0 Å². The lowest BCUT2D eigenvalue weighted by Gasteiger charge is -2.37. The summed E-state index contributed by atoms with van der Waals surface area (Å²) in [5.74, 6) is -0.203. The first-order valence-corrected chi connectivity index (χ1v) is 9.32. The Morgan fingerprint density at radius 2 is 1.97 bits per heavy atom. The Bertz CT molecular complexity index is 961. The third-order valence-corrected chi connectivity index (χ3v) is 5.29. The summed E-state index contributed by atoms with van der Waals surface area (Å²) < 4.78 is 5.91. The quantitative estimate of drug-likeness (QED) is 0.546. The van der Waals surface area contributed by atoms with Crippen molar-refractivity contribution in [3.05, 3.63) is 47.1 Å². The summed E-state index contributed by atoms with van der Waals surface area (Å²) in [5, 5.41) is 0.410. The minimum Gasteiger partial charge on any atom is -0.419 e. The number of hydrogen-bond donors (Lipinski definition) is 0. The number of carbonyl (C=O) groups is 3. The second kappa shape index (κ2) is 7.37. The highest BCUT2D eigenvalue weighted by Gasteiger charge is 2.44. The second-order valence-corrected chi connectivity index (χ2v) is 7.49. The molecule has 10 nitrogen and oxygen atoms in total. The highest BCUT2D eigenvalue weighted by atomic mass is 35.5. The third kappa shape index (κ3) is 3.52. The minimum atomic E-state index is -1.10. The van der Waals surface area contributed by atoms with Gasteiger partial charge < -0.3 is 4.74 Å². The largest absolute Gasteiger partial charge is 0.419 e. The molecule has 2 aromatic rings. The summed E-state index contributed by atoms with van der Waals surface area (Å²) in [4.78, 5) is 52.0. The van der Waals surface area contributed by atoms with Gasteiger partial charge in [0.2, 0.25) is 6.23 Å². The lowest BCUT2D eigenvalue weighted by atomic mass is 10.3. The van der Waals surface area contributed by atoms with Crippen LogP contribution in [0.4, 0.5) is 10.6 Å². The van der Waals surface area contributed by atoms with Gasteiger partial charge in [0.1, 0.15) is 24.6 Å². The molecule has 4 rings (SSSR count). The van der Waals surface area contributed by atoms with E-state index in [-0.39, 0.29) is 21.7 Å². The molecule has 0 unspecified atom stereocenters. The van der Waals surface area contributed by atoms with Crippen LogP contribution in [0.1, 0.15) is 22.4 Å². The first-order chi connectivity index (χ1) is 13.9. The van der Waals surface area contributed by atoms with Gasteiger partial charge in [-0.15, -0.1) is 0 Å². The van der Waals surface area contributed by atoms with Crippen molar-refractivity contribution in [3.8, 4) is 0 Å². The Balaban J connectivity index is 1.59. The standard InChI is InChI=1S/C18H18ClN6O4/c1-25(11-26)8-6-23(7-9-25)18(28)29-17-15-14(20-4-5-21-15)16(27)24(17)13-3-2-12(19)10-22-13/h2-5,10-11,17H,6-9H2,1H3/q+1/t17-/m0/s1. The molecule has 0 saturated carbocycles. The van der Waals surface area contributed by atoms with E-state index in [1.807, 2.05) is 7.05 Å². The molecule has 11 heteroatoms. The molecule has 4 heterocycles. The predicted octanol–water partition coefficient (Wildman–Crippen LogP) is 1.24. The molecule has 2 aliphatic rings. The van der Waals surface area contributed by atoms with Crippen LogP contribution >= 0.6 is 11.6 Å². The van der Waals surface area contributed by atoms with Crippen LogP contribution in [0.2, 0.25) is 5.02 Å². The first-order valence-electron chi connectivity index (χ1n) is 8.94. The summed E-state index contributed by atoms with van der Waals surface area (Å²) >= 11 is 5.89. The van der Waals surface area contributed by atoms with Crippen LogP contribution in [0.3, 0.4) is 0 Å². The number of hydrogen-bond acceptors (Lipinski definition) is 7. The van der Waals surface area contributed by atoms with E-state index in [0.717, 1.165) is 6.41 Å². The molecule has 0 spiro atoms. The SMILES string of the molecule is C[N+]1(C=O)CCN(C(=O)O[C@H]2c3nccnc3C(=O)N2c2ccc(Cl)cn2)CC1. The number of piperazine rings is 1. The van der Waals surface area contributed by atoms with Crippen LogP contribution in [-0.4, -0.2) is 76.0 Å². The zero-order chi connectivity index (χ0) is 20.6. The van der Waals surface area contributed by atoms with Crippen LogP contribution in [0.25, 0.3) is 0 Å². The van der Waals surface area contributed by atoms with Gasteiger partial charge in [0.25, 0.3) is 5.91 Å². The normalized spacial score (nSPS) is 20.3. The monoisotopic (exact) mass is 417 g/mol. The van der Waals surface area contributed by atoms with E-state index in [9.17, 15) is 14.4 Å². The second-order valence-electron chi connectivity index (χ2n) is 7.06. The van der Waals surface area contributed by atoms with E-state index in [0.29, 0.717) is 31.2 Å². The van der Waals surface area contributed by atoms with Gasteiger partial charge in [-0.05, 0) is 12.1 Å². The highest BCUT2D eigenvalue weighted by Crippen LogP contribution is 2.35. The first kappa shape index (κ1) is 19.2. The molecule has 0 aliphatic carbocycles. The number of halogens is 1. The summed E-state index contributed by atoms with van der Waals surface area (Å²) in [7, 11) is 1.81. The fourth-order valence-electron chi connectivity index (χ4n) is 3.26.